The molecule has 0 radical (unpaired) electrons. The average Bonchev–Trinajstić information content (AvgIpc) is 3.07. The highest BCUT2D eigenvalue weighted by atomic mass is 32.1. The fourth-order valence-corrected chi connectivity index (χ4v) is 3.87. The second-order valence-corrected chi connectivity index (χ2v) is 7.67. The molecule has 3 rings (SSSR count). The van der Waals surface area contributed by atoms with Crippen LogP contribution < -0.4 is 4.80 Å². The van der Waals surface area contributed by atoms with Crippen LogP contribution in [0.1, 0.15) is 26.6 Å². The molecule has 118 valence electrons. The third kappa shape index (κ3) is 3.51. The van der Waals surface area contributed by atoms with E-state index in [0.717, 1.165) is 21.1 Å². The Morgan fingerprint density at radius 2 is 1.74 bits per heavy atom. The van der Waals surface area contributed by atoms with Gasteiger partial charge in [-0.25, -0.2) is 9.67 Å². The minimum absolute atomic E-state index is 0.893. The molecule has 3 aromatic rings. The van der Waals surface area contributed by atoms with Crippen LogP contribution in [-0.4, -0.2) is 10.9 Å². The summed E-state index contributed by atoms with van der Waals surface area (Å²) in [6, 6.07) is 10.4. The molecule has 0 bridgehead atoms. The Morgan fingerprint density at radius 3 is 2.39 bits per heavy atom. The minimum Gasteiger partial charge on any atom is -0.219 e. The summed E-state index contributed by atoms with van der Waals surface area (Å²) in [5.41, 5.74) is 4.48. The maximum Gasteiger partial charge on any atom is 0.211 e. The van der Waals surface area contributed by atoms with Crippen molar-refractivity contribution >= 4 is 34.6 Å². The third-order valence-electron chi connectivity index (χ3n) is 3.56. The van der Waals surface area contributed by atoms with Gasteiger partial charge < -0.3 is 0 Å². The van der Waals surface area contributed by atoms with Gasteiger partial charge in [-0.05, 0) is 51.0 Å². The Morgan fingerprint density at radius 1 is 1.00 bits per heavy atom. The number of hydrogen-bond acceptors (Lipinski definition) is 4. The lowest BCUT2D eigenvalue weighted by atomic mass is 10.1. The van der Waals surface area contributed by atoms with Gasteiger partial charge in [0, 0.05) is 15.1 Å². The molecule has 0 fully saturated rings. The number of rotatable bonds is 3. The van der Waals surface area contributed by atoms with Gasteiger partial charge in [0.1, 0.15) is 0 Å². The first-order valence-corrected chi connectivity index (χ1v) is 9.13. The van der Waals surface area contributed by atoms with Crippen LogP contribution in [0.3, 0.4) is 0 Å². The molecule has 2 heterocycles. The fraction of sp³-hybridized carbons (Fsp3) is 0.222. The number of thiazole rings is 1. The van der Waals surface area contributed by atoms with E-state index in [1.165, 1.54) is 16.0 Å². The lowest BCUT2D eigenvalue weighted by Gasteiger charge is -2.03. The van der Waals surface area contributed by atoms with Crippen LogP contribution in [0.25, 0.3) is 0 Å². The highest BCUT2D eigenvalue weighted by molar-refractivity contribution is 7.13. The summed E-state index contributed by atoms with van der Waals surface area (Å²) in [7, 11) is 0. The Labute approximate surface area is 144 Å². The lowest BCUT2D eigenvalue weighted by molar-refractivity contribution is 0.809. The van der Waals surface area contributed by atoms with Crippen LogP contribution in [-0.2, 0) is 0 Å². The van der Waals surface area contributed by atoms with Gasteiger partial charge in [0.25, 0.3) is 0 Å². The van der Waals surface area contributed by atoms with E-state index in [1.807, 2.05) is 10.9 Å². The molecule has 2 aromatic heterocycles. The van der Waals surface area contributed by atoms with E-state index in [2.05, 4.69) is 68.5 Å². The molecule has 0 saturated carbocycles. The number of aromatic nitrogens is 1. The van der Waals surface area contributed by atoms with Gasteiger partial charge in [-0.2, -0.15) is 5.10 Å². The van der Waals surface area contributed by atoms with Crippen molar-refractivity contribution in [2.45, 2.75) is 27.7 Å². The Hall–Kier alpha value is -1.98. The first-order valence-electron chi connectivity index (χ1n) is 7.43. The second-order valence-electron chi connectivity index (χ2n) is 5.52. The molecular formula is C18H19N3S2. The van der Waals surface area contributed by atoms with Crippen molar-refractivity contribution in [2.75, 3.05) is 0 Å². The summed E-state index contributed by atoms with van der Waals surface area (Å²) in [5.74, 6) is 0. The van der Waals surface area contributed by atoms with Gasteiger partial charge in [0.05, 0.1) is 17.6 Å². The zero-order chi connectivity index (χ0) is 16.4. The largest absolute Gasteiger partial charge is 0.219 e. The van der Waals surface area contributed by atoms with Crippen LogP contribution in [0.2, 0.25) is 0 Å². The molecule has 0 aliphatic heterocycles. The second kappa shape index (κ2) is 6.64. The number of aryl methyl sites for hydroxylation is 4. The van der Waals surface area contributed by atoms with Crippen molar-refractivity contribution < 1.29 is 0 Å². The van der Waals surface area contributed by atoms with E-state index < -0.39 is 0 Å². The molecule has 1 aromatic carbocycles. The highest BCUT2D eigenvalue weighted by Gasteiger charge is 2.04. The molecule has 0 aliphatic rings. The summed E-state index contributed by atoms with van der Waals surface area (Å²) >= 11 is 3.36. The molecule has 0 aliphatic carbocycles. The third-order valence-corrected chi connectivity index (χ3v) is 5.43. The predicted octanol–water partition coefficient (Wildman–Crippen LogP) is 4.96. The van der Waals surface area contributed by atoms with E-state index in [-0.39, 0.29) is 0 Å². The quantitative estimate of drug-likeness (QED) is 0.603. The van der Waals surface area contributed by atoms with Crippen LogP contribution >= 0.6 is 22.7 Å². The number of nitrogens with zero attached hydrogens (tertiary/aromatic N) is 3. The summed E-state index contributed by atoms with van der Waals surface area (Å²) in [4.78, 5) is 8.18. The maximum atomic E-state index is 4.85. The first-order chi connectivity index (χ1) is 11.0. The van der Waals surface area contributed by atoms with Crippen molar-refractivity contribution in [1.29, 1.82) is 0 Å². The van der Waals surface area contributed by atoms with Gasteiger partial charge in [0.2, 0.25) is 4.80 Å². The van der Waals surface area contributed by atoms with Crippen LogP contribution in [0, 0.1) is 27.7 Å². The van der Waals surface area contributed by atoms with Gasteiger partial charge in [0.15, 0.2) is 0 Å². The van der Waals surface area contributed by atoms with E-state index in [9.17, 15) is 0 Å². The van der Waals surface area contributed by atoms with E-state index in [4.69, 9.17) is 4.99 Å². The molecular weight excluding hydrogens is 322 g/mol. The predicted molar refractivity (Wildman–Crippen MR) is 100 cm³/mol. The first kappa shape index (κ1) is 15.9. The van der Waals surface area contributed by atoms with Crippen molar-refractivity contribution in [2.24, 2.45) is 10.1 Å². The number of hydrogen-bond donors (Lipinski definition) is 0. The van der Waals surface area contributed by atoms with E-state index in [0.29, 0.717) is 0 Å². The standard InChI is InChI=1S/C18H19N3S2/c1-12-6-5-7-13(2)17(12)20-18-21(14(3)11-22-18)19-10-16-9-8-15(4)23-16/h5-11H,1-4H3. The Balaban J connectivity index is 2.05. The normalized spacial score (nSPS) is 12.4. The SMILES string of the molecule is Cc1ccc(C=Nn2c(C)csc2=Nc2c(C)cccc2C)s1. The Bertz CT molecular complexity index is 906. The number of benzene rings is 1. The molecule has 0 unspecified atom stereocenters. The smallest absolute Gasteiger partial charge is 0.211 e. The maximum absolute atomic E-state index is 4.85. The van der Waals surface area contributed by atoms with Gasteiger partial charge >= 0.3 is 0 Å². The monoisotopic (exact) mass is 341 g/mol. The van der Waals surface area contributed by atoms with Crippen molar-refractivity contribution in [3.05, 3.63) is 67.1 Å². The molecule has 0 atom stereocenters. The molecule has 0 saturated heterocycles. The van der Waals surface area contributed by atoms with Crippen molar-refractivity contribution in [3.63, 3.8) is 0 Å². The zero-order valence-electron chi connectivity index (χ0n) is 13.7. The van der Waals surface area contributed by atoms with Crippen LogP contribution in [0.5, 0.6) is 0 Å². The topological polar surface area (TPSA) is 29.6 Å². The highest BCUT2D eigenvalue weighted by Crippen LogP contribution is 2.22. The van der Waals surface area contributed by atoms with Gasteiger partial charge in [-0.3, -0.25) is 0 Å². The molecule has 23 heavy (non-hydrogen) atoms. The minimum atomic E-state index is 0.893. The summed E-state index contributed by atoms with van der Waals surface area (Å²) < 4.78 is 1.91. The molecule has 5 heteroatoms. The van der Waals surface area contributed by atoms with Gasteiger partial charge in [-0.1, -0.05) is 18.2 Å². The Kier molecular flexibility index (Phi) is 4.59. The van der Waals surface area contributed by atoms with E-state index >= 15 is 0 Å². The summed E-state index contributed by atoms with van der Waals surface area (Å²) in [5, 5.41) is 6.71. The van der Waals surface area contributed by atoms with Crippen LogP contribution in [0.4, 0.5) is 5.69 Å². The molecule has 0 amide bonds. The van der Waals surface area contributed by atoms with Crippen LogP contribution in [0.15, 0.2) is 45.8 Å². The number of thiophene rings is 1. The summed E-state index contributed by atoms with van der Waals surface area (Å²) in [6.07, 6.45) is 1.90. The van der Waals surface area contributed by atoms with Gasteiger partial charge in [-0.15, -0.1) is 22.7 Å². The van der Waals surface area contributed by atoms with Crippen molar-refractivity contribution in [1.82, 2.24) is 4.68 Å². The molecule has 0 N–H and O–H groups in total. The zero-order valence-corrected chi connectivity index (χ0v) is 15.3. The number of para-hydroxylation sites is 1. The molecule has 3 nitrogen and oxygen atoms in total. The fourth-order valence-electron chi connectivity index (χ4n) is 2.32. The molecule has 0 spiro atoms. The summed E-state index contributed by atoms with van der Waals surface area (Å²) in [6.45, 7) is 8.34. The van der Waals surface area contributed by atoms with Crippen molar-refractivity contribution in [3.8, 4) is 0 Å². The van der Waals surface area contributed by atoms with E-state index in [1.54, 1.807) is 22.7 Å². The lowest BCUT2D eigenvalue weighted by Crippen LogP contribution is -2.11. The average molecular weight is 342 g/mol.